The van der Waals surface area contributed by atoms with Crippen molar-refractivity contribution in [1.82, 2.24) is 20.1 Å². The first-order valence-electron chi connectivity index (χ1n) is 18.5. The van der Waals surface area contributed by atoms with E-state index >= 15 is 0 Å². The summed E-state index contributed by atoms with van der Waals surface area (Å²) >= 11 is 6.96. The van der Waals surface area contributed by atoms with E-state index in [2.05, 4.69) is 35.1 Å². The SMILES string of the molecule is CC1(C)C(c2ccccc2)=CC=CC1(COc1cc(OCc2cncc(C#N)c2)c(CN2CCCC[C@H]2C(=O)O)cc1Cl)C(=O)NCCN1CC[C@@H](O)C1. The summed E-state index contributed by atoms with van der Waals surface area (Å²) in [5.41, 5.74) is 1.88. The standard InChI is InChI=1S/C42H48ClN5O6/c1-41(2)34(31-9-4-3-5-10-31)11-8-14-42(41,40(52)46-15-18-47-17-13-33(49)26-47)28-54-38-21-37(53-27-30-19-29(22-44)23-45-24-30)32(20-35(38)43)25-48-16-7-6-12-36(48)39(50)51/h3-5,8-11,14,19-21,23-24,33,36,49H,6-7,12-13,15-18,25-28H2,1-2H3,(H,46,52)(H,50,51)/t33-,36+,42?/m1/s1. The van der Waals surface area contributed by atoms with Gasteiger partial charge in [-0.1, -0.05) is 80.4 Å². The number of carboxylic acid groups (broad SMARTS) is 1. The highest BCUT2D eigenvalue weighted by atomic mass is 35.5. The summed E-state index contributed by atoms with van der Waals surface area (Å²) in [6, 6.07) is 16.6. The molecule has 12 heteroatoms. The highest BCUT2D eigenvalue weighted by Crippen LogP contribution is 2.53. The number of pyridine rings is 1. The number of carboxylic acids is 1. The van der Waals surface area contributed by atoms with E-state index in [1.165, 1.54) is 6.20 Å². The van der Waals surface area contributed by atoms with Gasteiger partial charge >= 0.3 is 5.97 Å². The summed E-state index contributed by atoms with van der Waals surface area (Å²) in [6.45, 7) is 7.46. The maximum absolute atomic E-state index is 14.5. The molecule has 1 amide bonds. The van der Waals surface area contributed by atoms with Crippen LogP contribution in [-0.2, 0) is 22.7 Å². The van der Waals surface area contributed by atoms with E-state index in [1.807, 2.05) is 53.5 Å². The van der Waals surface area contributed by atoms with E-state index in [-0.39, 0.29) is 25.2 Å². The number of aliphatic carboxylic acids is 1. The van der Waals surface area contributed by atoms with E-state index in [9.17, 15) is 25.1 Å². The van der Waals surface area contributed by atoms with Crippen LogP contribution in [0.5, 0.6) is 11.5 Å². The van der Waals surface area contributed by atoms with Crippen molar-refractivity contribution in [3.63, 3.8) is 0 Å². The fourth-order valence-corrected chi connectivity index (χ4v) is 8.04. The Hall–Kier alpha value is -4.73. The molecule has 11 nitrogen and oxygen atoms in total. The van der Waals surface area contributed by atoms with Gasteiger partial charge in [0.25, 0.3) is 0 Å². The van der Waals surface area contributed by atoms with E-state index in [4.69, 9.17) is 21.1 Å². The molecule has 2 saturated heterocycles. The Morgan fingerprint density at radius 2 is 1.89 bits per heavy atom. The lowest BCUT2D eigenvalue weighted by Crippen LogP contribution is -2.54. The Kier molecular flexibility index (Phi) is 12.4. The van der Waals surface area contributed by atoms with Crippen LogP contribution in [0.2, 0.25) is 5.02 Å². The van der Waals surface area contributed by atoms with Crippen molar-refractivity contribution in [1.29, 1.82) is 5.26 Å². The number of aromatic nitrogens is 1. The van der Waals surface area contributed by atoms with Crippen molar-refractivity contribution in [3.05, 3.63) is 106 Å². The molecule has 0 spiro atoms. The minimum absolute atomic E-state index is 0.0468. The molecule has 1 aliphatic carbocycles. The number of amides is 1. The van der Waals surface area contributed by atoms with E-state index in [0.29, 0.717) is 72.4 Å². The van der Waals surface area contributed by atoms with Gasteiger partial charge in [0.1, 0.15) is 42.2 Å². The molecule has 3 aliphatic rings. The molecule has 2 fully saturated rings. The number of benzene rings is 2. The average Bonchev–Trinajstić information content (AvgIpc) is 3.59. The van der Waals surface area contributed by atoms with Crippen LogP contribution in [0.1, 0.15) is 61.8 Å². The minimum Gasteiger partial charge on any atom is -0.490 e. The summed E-state index contributed by atoms with van der Waals surface area (Å²) in [6.07, 6.45) is 11.6. The maximum atomic E-state index is 14.5. The van der Waals surface area contributed by atoms with Crippen LogP contribution in [0.4, 0.5) is 0 Å². The van der Waals surface area contributed by atoms with Crippen molar-refractivity contribution >= 4 is 29.1 Å². The Morgan fingerprint density at radius 3 is 2.63 bits per heavy atom. The van der Waals surface area contributed by atoms with Gasteiger partial charge in [-0.25, -0.2) is 0 Å². The molecular formula is C42H48ClN5O6. The number of likely N-dealkylation sites (tertiary alicyclic amines) is 2. The third kappa shape index (κ3) is 8.63. The Balaban J connectivity index is 1.30. The van der Waals surface area contributed by atoms with Gasteiger partial charge in [0, 0.05) is 67.7 Å². The van der Waals surface area contributed by atoms with Gasteiger partial charge in [-0.3, -0.25) is 24.4 Å². The molecule has 2 aliphatic heterocycles. The number of nitrogens with zero attached hydrogens (tertiary/aromatic N) is 4. The molecule has 3 atom stereocenters. The maximum Gasteiger partial charge on any atom is 0.320 e. The van der Waals surface area contributed by atoms with Gasteiger partial charge in [-0.05, 0) is 49.1 Å². The number of hydrogen-bond donors (Lipinski definition) is 3. The summed E-state index contributed by atoms with van der Waals surface area (Å²) in [7, 11) is 0. The minimum atomic E-state index is -1.16. The lowest BCUT2D eigenvalue weighted by molar-refractivity contribution is -0.145. The predicted octanol–water partition coefficient (Wildman–Crippen LogP) is 5.85. The van der Waals surface area contributed by atoms with Crippen LogP contribution in [0.3, 0.4) is 0 Å². The summed E-state index contributed by atoms with van der Waals surface area (Å²) in [5, 5.41) is 32.8. The highest BCUT2D eigenvalue weighted by Gasteiger charge is 2.53. The number of aliphatic hydroxyl groups is 1. The second-order valence-electron chi connectivity index (χ2n) is 14.9. The summed E-state index contributed by atoms with van der Waals surface area (Å²) in [4.78, 5) is 34.9. The molecule has 1 unspecified atom stereocenters. The van der Waals surface area contributed by atoms with E-state index < -0.39 is 22.8 Å². The van der Waals surface area contributed by atoms with Gasteiger partial charge in [0.15, 0.2) is 0 Å². The normalized spacial score (nSPS) is 22.6. The number of halogens is 1. The van der Waals surface area contributed by atoms with Gasteiger partial charge in [0.05, 0.1) is 16.7 Å². The third-order valence-corrected chi connectivity index (χ3v) is 11.3. The fourth-order valence-electron chi connectivity index (χ4n) is 7.80. The quantitative estimate of drug-likeness (QED) is 0.183. The number of allylic oxidation sites excluding steroid dienone is 3. The highest BCUT2D eigenvalue weighted by molar-refractivity contribution is 6.32. The second kappa shape index (κ2) is 17.2. The second-order valence-corrected chi connectivity index (χ2v) is 15.3. The number of piperidine rings is 1. The monoisotopic (exact) mass is 753 g/mol. The number of rotatable bonds is 14. The zero-order valence-corrected chi connectivity index (χ0v) is 31.6. The number of aliphatic hydroxyl groups excluding tert-OH is 1. The van der Waals surface area contributed by atoms with Gasteiger partial charge < -0.3 is 25.0 Å². The summed E-state index contributed by atoms with van der Waals surface area (Å²) < 4.78 is 12.9. The Bertz CT molecular complexity index is 1930. The molecule has 6 rings (SSSR count). The van der Waals surface area contributed by atoms with Crippen molar-refractivity contribution in [3.8, 4) is 17.6 Å². The van der Waals surface area contributed by atoms with Crippen LogP contribution in [0.25, 0.3) is 5.57 Å². The van der Waals surface area contributed by atoms with Crippen LogP contribution in [0, 0.1) is 22.2 Å². The van der Waals surface area contributed by atoms with Crippen molar-refractivity contribution in [2.75, 3.05) is 39.3 Å². The number of nitriles is 1. The zero-order valence-electron chi connectivity index (χ0n) is 30.8. The average molecular weight is 754 g/mol. The summed E-state index contributed by atoms with van der Waals surface area (Å²) in [5.74, 6) is -0.299. The zero-order chi connectivity index (χ0) is 38.3. The van der Waals surface area contributed by atoms with Crippen LogP contribution < -0.4 is 14.8 Å². The molecule has 284 valence electrons. The molecule has 2 aromatic carbocycles. The molecule has 0 bridgehead atoms. The number of β-amino-alcohol motifs (C(OH)–C–C–N with tert-alkyl or cyclic N) is 1. The van der Waals surface area contributed by atoms with Gasteiger partial charge in [-0.15, -0.1) is 0 Å². The molecule has 0 radical (unpaired) electrons. The van der Waals surface area contributed by atoms with Crippen LogP contribution >= 0.6 is 11.6 Å². The molecule has 3 heterocycles. The Labute approximate surface area is 321 Å². The first-order chi connectivity index (χ1) is 26.0. The molecular weight excluding hydrogens is 706 g/mol. The molecule has 3 aromatic rings. The molecule has 54 heavy (non-hydrogen) atoms. The third-order valence-electron chi connectivity index (χ3n) is 11.0. The van der Waals surface area contributed by atoms with Crippen molar-refractivity contribution in [2.45, 2.75) is 64.8 Å². The molecule has 3 N–H and O–H groups in total. The predicted molar refractivity (Wildman–Crippen MR) is 206 cm³/mol. The van der Waals surface area contributed by atoms with E-state index in [0.717, 1.165) is 36.9 Å². The fraction of sp³-hybridized carbons (Fsp3) is 0.429. The lowest BCUT2D eigenvalue weighted by atomic mass is 9.58. The topological polar surface area (TPSA) is 148 Å². The van der Waals surface area contributed by atoms with Crippen LogP contribution in [-0.4, -0.2) is 88.3 Å². The first-order valence-corrected chi connectivity index (χ1v) is 18.9. The number of nitrogens with one attached hydrogen (secondary N) is 1. The molecule has 1 aromatic heterocycles. The van der Waals surface area contributed by atoms with Crippen LogP contribution in [0.15, 0.2) is 79.2 Å². The van der Waals surface area contributed by atoms with Crippen molar-refractivity contribution < 1.29 is 29.3 Å². The smallest absolute Gasteiger partial charge is 0.320 e. The number of carbonyl (C=O) groups excluding carboxylic acids is 1. The van der Waals surface area contributed by atoms with Crippen molar-refractivity contribution in [2.24, 2.45) is 10.8 Å². The number of hydrogen-bond acceptors (Lipinski definition) is 9. The molecule has 0 saturated carbocycles. The lowest BCUT2D eigenvalue weighted by Gasteiger charge is -2.46. The number of carbonyl (C=O) groups is 2. The Morgan fingerprint density at radius 1 is 1.07 bits per heavy atom. The van der Waals surface area contributed by atoms with Gasteiger partial charge in [0.2, 0.25) is 5.91 Å². The largest absolute Gasteiger partial charge is 0.490 e. The van der Waals surface area contributed by atoms with E-state index in [1.54, 1.807) is 24.4 Å². The number of ether oxygens (including phenoxy) is 2. The van der Waals surface area contributed by atoms with Gasteiger partial charge in [-0.2, -0.15) is 5.26 Å². The first kappa shape index (κ1) is 39.0.